The first-order chi connectivity index (χ1) is 28.9. The lowest BCUT2D eigenvalue weighted by atomic mass is 10.0. The van der Waals surface area contributed by atoms with E-state index in [9.17, 15) is 48.3 Å². The van der Waals surface area contributed by atoms with E-state index in [1.54, 1.807) is 0 Å². The molecule has 5 N–H and O–H groups in total. The minimum Gasteiger partial charge on any atom is -0.482 e. The van der Waals surface area contributed by atoms with Crippen LogP contribution in [0.15, 0.2) is 62.0 Å². The Labute approximate surface area is 349 Å². The zero-order valence-electron chi connectivity index (χ0n) is 31.7. The van der Waals surface area contributed by atoms with E-state index in [1.807, 2.05) is 0 Å². The van der Waals surface area contributed by atoms with E-state index < -0.39 is 89.2 Å². The van der Waals surface area contributed by atoms with Gasteiger partial charge in [0.2, 0.25) is 16.5 Å². The maximum Gasteiger partial charge on any atom is 0.352 e. The maximum atomic E-state index is 14.1. The Bertz CT molecular complexity index is 2610. The molecule has 1 saturated heterocycles. The lowest BCUT2D eigenvalue weighted by Gasteiger charge is -2.49. The lowest BCUT2D eigenvalue weighted by molar-refractivity contribution is -0.151. The number of carboxylic acids is 3. The number of rotatable bonds is 16. The van der Waals surface area contributed by atoms with Crippen molar-refractivity contribution in [2.24, 2.45) is 0 Å². The summed E-state index contributed by atoms with van der Waals surface area (Å²) in [4.78, 5) is 115. The van der Waals surface area contributed by atoms with E-state index in [-0.39, 0.29) is 61.9 Å². The standard InChI is InChI=1S/C36H31N7O16S2/c1-14-26(30(50)20-8-22(58-15(2)44)23(59-16(3)45)9-21(20)57-14)31(51)37-27(17-4-6-19(7-5-17)56-11-25(48)49)32(52)38-28-33(53)43-29(35(54)55)18(12-60-34(28)43)13-61-36-39-40-41-42(36)10-24(46)47/h4-9,27-28,34H,10-13H2,1-3H3,(H,37,51)(H,38,52)(H,46,47)(H,48,49)(H,54,55)/t27?,28-,34-/m1/s1. The zero-order valence-corrected chi connectivity index (χ0v) is 33.4. The Kier molecular flexibility index (Phi) is 12.7. The van der Waals surface area contributed by atoms with Gasteiger partial charge in [-0.2, -0.15) is 0 Å². The molecular formula is C36H31N7O16S2. The van der Waals surface area contributed by atoms with Gasteiger partial charge in [-0.3, -0.25) is 38.5 Å². The third kappa shape index (κ3) is 9.46. The molecule has 3 atom stereocenters. The van der Waals surface area contributed by atoms with Crippen LogP contribution in [-0.2, 0) is 40.1 Å². The van der Waals surface area contributed by atoms with Crippen LogP contribution in [0.3, 0.4) is 0 Å². The third-order valence-electron chi connectivity index (χ3n) is 8.69. The van der Waals surface area contributed by atoms with Crippen molar-refractivity contribution in [3.8, 4) is 17.2 Å². The molecule has 6 rings (SSSR count). The Morgan fingerprint density at radius 3 is 2.28 bits per heavy atom. The number of β-lactam (4-membered cyclic amide) rings is 1. The van der Waals surface area contributed by atoms with Crippen LogP contribution in [0, 0.1) is 6.92 Å². The molecule has 61 heavy (non-hydrogen) atoms. The summed E-state index contributed by atoms with van der Waals surface area (Å²) in [6.45, 7) is 2.21. The summed E-state index contributed by atoms with van der Waals surface area (Å²) >= 11 is 2.09. The van der Waals surface area contributed by atoms with E-state index >= 15 is 0 Å². The van der Waals surface area contributed by atoms with Gasteiger partial charge in [-0.25, -0.2) is 14.3 Å². The van der Waals surface area contributed by atoms with Gasteiger partial charge in [0.1, 0.15) is 52.4 Å². The molecule has 4 heterocycles. The summed E-state index contributed by atoms with van der Waals surface area (Å²) in [5.74, 6) is -9.07. The highest BCUT2D eigenvalue weighted by Gasteiger charge is 2.54. The van der Waals surface area contributed by atoms with Crippen LogP contribution in [-0.4, -0.2) is 118 Å². The minimum absolute atomic E-state index is 0.0248. The van der Waals surface area contributed by atoms with Crippen molar-refractivity contribution >= 4 is 82.1 Å². The van der Waals surface area contributed by atoms with Gasteiger partial charge >= 0.3 is 29.8 Å². The van der Waals surface area contributed by atoms with Gasteiger partial charge < -0.3 is 44.6 Å². The van der Waals surface area contributed by atoms with Gasteiger partial charge in [-0.1, -0.05) is 23.9 Å². The number of aromatic nitrogens is 4. The molecule has 2 aliphatic rings. The molecular weight excluding hydrogens is 851 g/mol. The van der Waals surface area contributed by atoms with Gasteiger partial charge in [0, 0.05) is 31.4 Å². The number of nitrogens with zero attached hydrogens (tertiary/aromatic N) is 5. The first-order valence-electron chi connectivity index (χ1n) is 17.5. The predicted molar refractivity (Wildman–Crippen MR) is 205 cm³/mol. The number of carbonyl (C=O) groups is 8. The van der Waals surface area contributed by atoms with E-state index in [0.717, 1.165) is 59.1 Å². The van der Waals surface area contributed by atoms with Crippen LogP contribution in [0.2, 0.25) is 0 Å². The van der Waals surface area contributed by atoms with Crippen LogP contribution in [0.5, 0.6) is 17.2 Å². The number of aryl methyl sites for hydroxylation is 1. The van der Waals surface area contributed by atoms with E-state index in [1.165, 1.54) is 31.2 Å². The zero-order chi connectivity index (χ0) is 44.3. The van der Waals surface area contributed by atoms with Crippen molar-refractivity contribution < 1.29 is 72.3 Å². The molecule has 1 unspecified atom stereocenters. The van der Waals surface area contributed by atoms with Crippen molar-refractivity contribution in [3.05, 3.63) is 74.8 Å². The molecule has 318 valence electrons. The van der Waals surface area contributed by atoms with Gasteiger partial charge in [-0.15, -0.1) is 16.9 Å². The number of thioether (sulfide) groups is 2. The van der Waals surface area contributed by atoms with Crippen molar-refractivity contribution in [2.45, 2.75) is 49.9 Å². The number of aliphatic carboxylic acids is 3. The average molecular weight is 882 g/mol. The number of hydrogen-bond donors (Lipinski definition) is 5. The summed E-state index contributed by atoms with van der Waals surface area (Å²) in [6.07, 6.45) is 0. The second-order valence-corrected chi connectivity index (χ2v) is 15.0. The number of ether oxygens (including phenoxy) is 3. The average Bonchev–Trinajstić information content (AvgIpc) is 3.63. The minimum atomic E-state index is -1.65. The van der Waals surface area contributed by atoms with Gasteiger partial charge in [0.25, 0.3) is 11.8 Å². The summed E-state index contributed by atoms with van der Waals surface area (Å²) in [5.41, 5.74) is -1.63. The quantitative estimate of drug-likeness (QED) is 0.0442. The van der Waals surface area contributed by atoms with Crippen LogP contribution in [0.25, 0.3) is 11.0 Å². The largest absolute Gasteiger partial charge is 0.482 e. The normalized spacial score (nSPS) is 16.2. The molecule has 25 heteroatoms. The number of benzene rings is 2. The number of amides is 3. The SMILES string of the molecule is CC(=O)Oc1cc2oc(C)c(C(=O)NC(C(=O)N[C@@H]3C(=O)N4C(C(=O)O)=C(CSc5nnnn5CC(=O)O)CS[C@H]34)c3ccc(OCC(=O)O)cc3)c(=O)c2cc1OC(C)=O. The number of carboxylic acid groups (broad SMARTS) is 3. The molecule has 3 amide bonds. The Balaban J connectivity index is 1.28. The molecule has 1 fully saturated rings. The van der Waals surface area contributed by atoms with Crippen LogP contribution >= 0.6 is 23.5 Å². The topological polar surface area (TPSA) is 326 Å². The number of hydrogen-bond acceptors (Lipinski definition) is 18. The summed E-state index contributed by atoms with van der Waals surface area (Å²) in [5, 5.41) is 43.0. The van der Waals surface area contributed by atoms with E-state index in [4.69, 9.17) is 28.8 Å². The number of esters is 2. The fourth-order valence-electron chi connectivity index (χ4n) is 6.16. The Hall–Kier alpha value is -7.28. The van der Waals surface area contributed by atoms with Crippen molar-refractivity contribution in [3.63, 3.8) is 0 Å². The molecule has 0 bridgehead atoms. The maximum absolute atomic E-state index is 14.1. The van der Waals surface area contributed by atoms with Crippen LogP contribution in [0.4, 0.5) is 0 Å². The van der Waals surface area contributed by atoms with Crippen LogP contribution < -0.4 is 30.3 Å². The highest BCUT2D eigenvalue weighted by atomic mass is 32.2. The fourth-order valence-corrected chi connectivity index (χ4v) is 8.52. The van der Waals surface area contributed by atoms with Crippen molar-refractivity contribution in [2.75, 3.05) is 18.1 Å². The summed E-state index contributed by atoms with van der Waals surface area (Å²) in [7, 11) is 0. The second kappa shape index (κ2) is 17.9. The van der Waals surface area contributed by atoms with Gasteiger partial charge in [0.15, 0.2) is 18.1 Å². The smallest absolute Gasteiger partial charge is 0.352 e. The number of fused-ring (bicyclic) bond motifs is 2. The first kappa shape index (κ1) is 43.3. The Morgan fingerprint density at radius 2 is 1.66 bits per heavy atom. The molecule has 0 aliphatic carbocycles. The molecule has 0 spiro atoms. The number of carbonyl (C=O) groups excluding carboxylic acids is 5. The van der Waals surface area contributed by atoms with Gasteiger partial charge in [0.05, 0.1) is 5.39 Å². The molecule has 2 aromatic carbocycles. The Morgan fingerprint density at radius 1 is 0.984 bits per heavy atom. The number of tetrazole rings is 1. The first-order valence-corrected chi connectivity index (χ1v) is 19.5. The highest BCUT2D eigenvalue weighted by molar-refractivity contribution is 8.01. The van der Waals surface area contributed by atoms with E-state index in [0.29, 0.717) is 5.57 Å². The highest BCUT2D eigenvalue weighted by Crippen LogP contribution is 2.42. The fraction of sp³-hybridized carbons (Fsp3) is 0.278. The summed E-state index contributed by atoms with van der Waals surface area (Å²) < 4.78 is 22.1. The predicted octanol–water partition coefficient (Wildman–Crippen LogP) is 0.489. The molecule has 23 nitrogen and oxygen atoms in total. The van der Waals surface area contributed by atoms with Gasteiger partial charge in [-0.05, 0) is 46.7 Å². The van der Waals surface area contributed by atoms with Crippen molar-refractivity contribution in [1.82, 2.24) is 35.7 Å². The number of nitrogens with one attached hydrogen (secondary N) is 2. The molecule has 2 aliphatic heterocycles. The molecule has 4 aromatic rings. The van der Waals surface area contributed by atoms with E-state index in [2.05, 4.69) is 26.2 Å². The summed E-state index contributed by atoms with van der Waals surface area (Å²) in [6, 6.07) is 4.50. The van der Waals surface area contributed by atoms with Crippen LogP contribution in [0.1, 0.15) is 41.6 Å². The monoisotopic (exact) mass is 881 g/mol. The molecule has 0 saturated carbocycles. The molecule has 0 radical (unpaired) electrons. The third-order valence-corrected chi connectivity index (χ3v) is 11.1. The molecule has 2 aromatic heterocycles. The van der Waals surface area contributed by atoms with Crippen molar-refractivity contribution in [1.29, 1.82) is 0 Å². The lowest BCUT2D eigenvalue weighted by Crippen LogP contribution is -2.71. The second-order valence-electron chi connectivity index (χ2n) is 13.0.